The molecule has 4 rings (SSSR count). The summed E-state index contributed by atoms with van der Waals surface area (Å²) in [4.78, 5) is 24.0. The molecule has 1 amide bonds. The van der Waals surface area contributed by atoms with E-state index in [9.17, 15) is 14.7 Å². The number of hydrogen-bond donors (Lipinski definition) is 2. The topological polar surface area (TPSA) is 89.2 Å². The van der Waals surface area contributed by atoms with E-state index < -0.39 is 17.1 Å². The van der Waals surface area contributed by atoms with Gasteiger partial charge in [0.15, 0.2) is 11.4 Å². The Labute approximate surface area is 160 Å². The van der Waals surface area contributed by atoms with E-state index in [1.54, 1.807) is 0 Å². The molecule has 2 aromatic carbocycles. The monoisotopic (exact) mass is 374 g/mol. The molecule has 0 saturated heterocycles. The van der Waals surface area contributed by atoms with Gasteiger partial charge in [-0.25, -0.2) is 4.68 Å². The maximum absolute atomic E-state index is 12.1. The average molecular weight is 374 g/mol. The second kappa shape index (κ2) is 6.70. The summed E-state index contributed by atoms with van der Waals surface area (Å²) in [6, 6.07) is 15.6. The smallest absolute Gasteiger partial charge is 0.275 e. The molecule has 2 heterocycles. The Kier molecular flexibility index (Phi) is 4.19. The summed E-state index contributed by atoms with van der Waals surface area (Å²) < 4.78 is 3.40. The van der Waals surface area contributed by atoms with E-state index in [0.29, 0.717) is 5.69 Å². The molecule has 0 fully saturated rings. The molecule has 0 radical (unpaired) electrons. The van der Waals surface area contributed by atoms with Crippen LogP contribution in [0.25, 0.3) is 27.7 Å². The predicted molar refractivity (Wildman–Crippen MR) is 107 cm³/mol. The number of carbonyl (C=O) groups is 1. The van der Waals surface area contributed by atoms with Crippen LogP contribution in [0.15, 0.2) is 65.7 Å². The van der Waals surface area contributed by atoms with Gasteiger partial charge in [-0.1, -0.05) is 24.3 Å². The number of nitrogens with zero attached hydrogens (tertiary/aromatic N) is 3. The van der Waals surface area contributed by atoms with Crippen LogP contribution in [0.4, 0.5) is 0 Å². The Morgan fingerprint density at radius 1 is 1.14 bits per heavy atom. The minimum atomic E-state index is -0.807. The summed E-state index contributed by atoms with van der Waals surface area (Å²) in [6.45, 7) is 0. The average Bonchev–Trinajstić information content (AvgIpc) is 3.09. The quantitative estimate of drug-likeness (QED) is 0.576. The summed E-state index contributed by atoms with van der Waals surface area (Å²) in [7, 11) is 3.39. The second-order valence-corrected chi connectivity index (χ2v) is 6.43. The van der Waals surface area contributed by atoms with Gasteiger partial charge in [0, 0.05) is 36.8 Å². The molecule has 2 N–H and O–H groups in total. The number of nitrogens with one attached hydrogen (secondary N) is 1. The maximum Gasteiger partial charge on any atom is 0.275 e. The first kappa shape index (κ1) is 17.5. The number of para-hydroxylation sites is 1. The van der Waals surface area contributed by atoms with E-state index >= 15 is 0 Å². The van der Waals surface area contributed by atoms with E-state index in [4.69, 9.17) is 0 Å². The van der Waals surface area contributed by atoms with Crippen LogP contribution >= 0.6 is 0 Å². The minimum absolute atomic E-state index is 0.365. The number of rotatable bonds is 3. The molecule has 0 aliphatic heterocycles. The molecule has 2 aromatic heterocycles. The Hall–Kier alpha value is -3.87. The number of hydrogen-bond acceptors (Lipinski definition) is 4. The second-order valence-electron chi connectivity index (χ2n) is 6.43. The maximum atomic E-state index is 12.1. The summed E-state index contributed by atoms with van der Waals surface area (Å²) in [5.74, 6) is -1.19. The lowest BCUT2D eigenvalue weighted by atomic mass is 10.0. The highest BCUT2D eigenvalue weighted by Crippen LogP contribution is 2.29. The van der Waals surface area contributed by atoms with Gasteiger partial charge in [-0.05, 0) is 29.8 Å². The molecular weight excluding hydrogens is 356 g/mol. The van der Waals surface area contributed by atoms with Crippen molar-refractivity contribution in [3.8, 4) is 22.6 Å². The van der Waals surface area contributed by atoms with Crippen molar-refractivity contribution in [2.24, 2.45) is 7.05 Å². The molecule has 0 unspecified atom stereocenters. The summed E-state index contributed by atoms with van der Waals surface area (Å²) in [6.07, 6.45) is 3.21. The van der Waals surface area contributed by atoms with Crippen LogP contribution in [0.2, 0.25) is 0 Å². The summed E-state index contributed by atoms with van der Waals surface area (Å²) in [5, 5.41) is 17.7. The zero-order chi connectivity index (χ0) is 19.8. The van der Waals surface area contributed by atoms with E-state index in [-0.39, 0.29) is 5.69 Å². The SMILES string of the molecule is CNC(=O)c1nn(-c2ccccc2-c2ccc3c(ccn3C)c2)cc(O)c1=O. The van der Waals surface area contributed by atoms with E-state index in [1.165, 1.54) is 17.9 Å². The molecule has 0 bridgehead atoms. The number of aromatic hydroxyl groups is 1. The third-order valence-electron chi connectivity index (χ3n) is 4.69. The van der Waals surface area contributed by atoms with Crippen LogP contribution in [0.5, 0.6) is 5.75 Å². The number of aryl methyl sites for hydroxylation is 1. The standard InChI is InChI=1S/C21H18N4O3/c1-22-21(28)19-20(27)18(26)12-25(23-19)17-6-4-3-5-15(17)13-7-8-16-14(11-13)9-10-24(16)2/h3-12,26H,1-2H3,(H,22,28). The van der Waals surface area contributed by atoms with Crippen LogP contribution < -0.4 is 10.7 Å². The van der Waals surface area contributed by atoms with Crippen LogP contribution in [0.3, 0.4) is 0 Å². The fourth-order valence-electron chi connectivity index (χ4n) is 3.23. The van der Waals surface area contributed by atoms with Crippen molar-refractivity contribution in [2.45, 2.75) is 0 Å². The molecule has 0 saturated carbocycles. The Bertz CT molecular complexity index is 1270. The molecule has 140 valence electrons. The van der Waals surface area contributed by atoms with Crippen LogP contribution in [-0.4, -0.2) is 32.4 Å². The van der Waals surface area contributed by atoms with Gasteiger partial charge in [-0.15, -0.1) is 0 Å². The van der Waals surface area contributed by atoms with Gasteiger partial charge in [0.25, 0.3) is 11.3 Å². The Morgan fingerprint density at radius 3 is 2.71 bits per heavy atom. The number of benzene rings is 2. The zero-order valence-corrected chi connectivity index (χ0v) is 15.4. The molecule has 7 nitrogen and oxygen atoms in total. The lowest BCUT2D eigenvalue weighted by Crippen LogP contribution is -2.29. The summed E-state index contributed by atoms with van der Waals surface area (Å²) >= 11 is 0. The lowest BCUT2D eigenvalue weighted by Gasteiger charge is -2.13. The van der Waals surface area contributed by atoms with Crippen molar-refractivity contribution in [3.63, 3.8) is 0 Å². The van der Waals surface area contributed by atoms with Gasteiger partial charge >= 0.3 is 0 Å². The van der Waals surface area contributed by atoms with E-state index in [0.717, 1.165) is 22.0 Å². The number of amides is 1. The highest BCUT2D eigenvalue weighted by atomic mass is 16.3. The van der Waals surface area contributed by atoms with Crippen LogP contribution in [0, 0.1) is 0 Å². The first-order valence-corrected chi connectivity index (χ1v) is 8.69. The molecule has 7 heteroatoms. The molecule has 0 aliphatic carbocycles. The van der Waals surface area contributed by atoms with Crippen molar-refractivity contribution in [3.05, 3.63) is 76.8 Å². The third kappa shape index (κ3) is 2.83. The van der Waals surface area contributed by atoms with Crippen molar-refractivity contribution < 1.29 is 9.90 Å². The van der Waals surface area contributed by atoms with Gasteiger partial charge in [0.05, 0.1) is 11.9 Å². The Morgan fingerprint density at radius 2 is 1.93 bits per heavy atom. The van der Waals surface area contributed by atoms with Gasteiger partial charge in [0.1, 0.15) is 0 Å². The van der Waals surface area contributed by atoms with Crippen molar-refractivity contribution in [2.75, 3.05) is 7.05 Å². The molecular formula is C21H18N4O3. The zero-order valence-electron chi connectivity index (χ0n) is 15.4. The third-order valence-corrected chi connectivity index (χ3v) is 4.69. The molecule has 4 aromatic rings. The molecule has 0 atom stereocenters. The first-order chi connectivity index (χ1) is 13.5. The van der Waals surface area contributed by atoms with Crippen LogP contribution in [-0.2, 0) is 7.05 Å². The van der Waals surface area contributed by atoms with Gasteiger partial charge in [-0.2, -0.15) is 5.10 Å². The molecule has 28 heavy (non-hydrogen) atoms. The lowest BCUT2D eigenvalue weighted by molar-refractivity contribution is 0.0954. The minimum Gasteiger partial charge on any atom is -0.503 e. The predicted octanol–water partition coefficient (Wildman–Crippen LogP) is 2.46. The van der Waals surface area contributed by atoms with Gasteiger partial charge in [0.2, 0.25) is 0 Å². The first-order valence-electron chi connectivity index (χ1n) is 8.69. The fraction of sp³-hybridized carbons (Fsp3) is 0.0952. The van der Waals surface area contributed by atoms with Gasteiger partial charge < -0.3 is 15.0 Å². The van der Waals surface area contributed by atoms with Gasteiger partial charge in [-0.3, -0.25) is 9.59 Å². The van der Waals surface area contributed by atoms with E-state index in [1.807, 2.05) is 60.3 Å². The summed E-state index contributed by atoms with van der Waals surface area (Å²) in [5.41, 5.74) is 2.39. The normalized spacial score (nSPS) is 10.9. The highest BCUT2D eigenvalue weighted by Gasteiger charge is 2.17. The molecule has 0 spiro atoms. The number of carbonyl (C=O) groups excluding carboxylic acids is 1. The Balaban J connectivity index is 1.92. The molecule has 0 aliphatic rings. The van der Waals surface area contributed by atoms with Crippen molar-refractivity contribution in [1.29, 1.82) is 0 Å². The van der Waals surface area contributed by atoms with Crippen molar-refractivity contribution in [1.82, 2.24) is 19.7 Å². The number of fused-ring (bicyclic) bond motifs is 1. The largest absolute Gasteiger partial charge is 0.503 e. The highest BCUT2D eigenvalue weighted by molar-refractivity contribution is 5.92. The number of aromatic nitrogens is 3. The van der Waals surface area contributed by atoms with E-state index in [2.05, 4.69) is 16.5 Å². The van der Waals surface area contributed by atoms with Crippen LogP contribution in [0.1, 0.15) is 10.5 Å². The van der Waals surface area contributed by atoms with Crippen molar-refractivity contribution >= 4 is 16.8 Å². The fourth-order valence-corrected chi connectivity index (χ4v) is 3.23.